The number of rotatable bonds is 2. The van der Waals surface area contributed by atoms with Gasteiger partial charge in [-0.1, -0.05) is 0 Å². The largest absolute Gasteiger partial charge is 0.348 e. The molecule has 0 bridgehead atoms. The Bertz CT molecular complexity index is 246. The maximum Gasteiger partial charge on any atom is 0.244 e. The molecule has 0 aliphatic carbocycles. The van der Waals surface area contributed by atoms with Crippen molar-refractivity contribution in [2.24, 2.45) is 0 Å². The van der Waals surface area contributed by atoms with E-state index >= 15 is 0 Å². The minimum atomic E-state index is -3.77. The van der Waals surface area contributed by atoms with Gasteiger partial charge in [0.05, 0.1) is 0 Å². The van der Waals surface area contributed by atoms with Crippen molar-refractivity contribution >= 4 is 25.6 Å². The standard InChI is InChI=1S/C5H10ClNO3S/c1-4(11(6,9)10)5(8)7(2)3/h4H,1-3H3/t4-/m0/s1. The Hall–Kier alpha value is -0.290. The minimum Gasteiger partial charge on any atom is -0.348 e. The SMILES string of the molecule is C[C@@H](C(=O)N(C)C)S(=O)(=O)Cl. The van der Waals surface area contributed by atoms with E-state index < -0.39 is 20.2 Å². The first-order valence-electron chi connectivity index (χ1n) is 2.91. The van der Waals surface area contributed by atoms with Crippen molar-refractivity contribution < 1.29 is 13.2 Å². The van der Waals surface area contributed by atoms with Gasteiger partial charge < -0.3 is 4.90 Å². The van der Waals surface area contributed by atoms with Gasteiger partial charge in [0.25, 0.3) is 0 Å². The van der Waals surface area contributed by atoms with Crippen LogP contribution in [0.4, 0.5) is 0 Å². The molecule has 4 nitrogen and oxygen atoms in total. The predicted molar refractivity (Wildman–Crippen MR) is 42.9 cm³/mol. The zero-order chi connectivity index (χ0) is 9.23. The van der Waals surface area contributed by atoms with Crippen LogP contribution >= 0.6 is 10.7 Å². The van der Waals surface area contributed by atoms with Crippen LogP contribution in [0.5, 0.6) is 0 Å². The van der Waals surface area contributed by atoms with Crippen molar-refractivity contribution in [1.82, 2.24) is 4.90 Å². The van der Waals surface area contributed by atoms with Gasteiger partial charge in [-0.3, -0.25) is 4.79 Å². The van der Waals surface area contributed by atoms with Crippen molar-refractivity contribution in [2.45, 2.75) is 12.2 Å². The van der Waals surface area contributed by atoms with Gasteiger partial charge in [-0.15, -0.1) is 0 Å². The summed E-state index contributed by atoms with van der Waals surface area (Å²) in [4.78, 5) is 12.1. The number of carbonyl (C=O) groups excluding carboxylic acids is 1. The molecule has 1 atom stereocenters. The van der Waals surface area contributed by atoms with Gasteiger partial charge in [0, 0.05) is 24.8 Å². The van der Waals surface area contributed by atoms with Crippen molar-refractivity contribution in [2.75, 3.05) is 14.1 Å². The van der Waals surface area contributed by atoms with Crippen molar-refractivity contribution in [1.29, 1.82) is 0 Å². The second-order valence-corrected chi connectivity index (χ2v) is 5.30. The average molecular weight is 200 g/mol. The smallest absolute Gasteiger partial charge is 0.244 e. The molecule has 0 aliphatic heterocycles. The van der Waals surface area contributed by atoms with Crippen LogP contribution in [-0.4, -0.2) is 38.6 Å². The van der Waals surface area contributed by atoms with E-state index in [4.69, 9.17) is 10.7 Å². The number of carbonyl (C=O) groups is 1. The Morgan fingerprint density at radius 1 is 1.45 bits per heavy atom. The molecule has 0 spiro atoms. The third kappa shape index (κ3) is 3.07. The third-order valence-electron chi connectivity index (χ3n) is 1.21. The summed E-state index contributed by atoms with van der Waals surface area (Å²) in [5.41, 5.74) is 0. The van der Waals surface area contributed by atoms with Crippen LogP contribution in [0.3, 0.4) is 0 Å². The fraction of sp³-hybridized carbons (Fsp3) is 0.800. The average Bonchev–Trinajstić information content (AvgIpc) is 1.82. The molecule has 0 aromatic heterocycles. The van der Waals surface area contributed by atoms with Gasteiger partial charge in [-0.05, 0) is 6.92 Å². The molecular formula is C5H10ClNO3S. The lowest BCUT2D eigenvalue weighted by Gasteiger charge is -2.13. The number of nitrogens with zero attached hydrogens (tertiary/aromatic N) is 1. The molecule has 1 amide bonds. The normalized spacial score (nSPS) is 14.2. The second-order valence-electron chi connectivity index (χ2n) is 2.35. The summed E-state index contributed by atoms with van der Waals surface area (Å²) in [6.07, 6.45) is 0. The first-order valence-corrected chi connectivity index (χ1v) is 5.28. The summed E-state index contributed by atoms with van der Waals surface area (Å²) in [6, 6.07) is 0. The molecule has 66 valence electrons. The summed E-state index contributed by atoms with van der Waals surface area (Å²) in [5.74, 6) is -0.514. The summed E-state index contributed by atoms with van der Waals surface area (Å²) in [7, 11) is 4.13. The van der Waals surface area contributed by atoms with Gasteiger partial charge in [0.15, 0.2) is 5.25 Å². The Morgan fingerprint density at radius 3 is 1.91 bits per heavy atom. The molecule has 0 saturated heterocycles. The van der Waals surface area contributed by atoms with Crippen molar-refractivity contribution in [3.8, 4) is 0 Å². The molecule has 0 unspecified atom stereocenters. The number of amides is 1. The van der Waals surface area contributed by atoms with Crippen LogP contribution in [-0.2, 0) is 13.8 Å². The van der Waals surface area contributed by atoms with Gasteiger partial charge in [-0.2, -0.15) is 0 Å². The predicted octanol–water partition coefficient (Wildman–Crippen LogP) is 0.0317. The van der Waals surface area contributed by atoms with Crippen LogP contribution in [0.15, 0.2) is 0 Å². The van der Waals surface area contributed by atoms with Gasteiger partial charge >= 0.3 is 0 Å². The highest BCUT2D eigenvalue weighted by atomic mass is 35.7. The van der Waals surface area contributed by atoms with Crippen LogP contribution in [0.2, 0.25) is 0 Å². The molecule has 0 fully saturated rings. The lowest BCUT2D eigenvalue weighted by Crippen LogP contribution is -2.34. The number of halogens is 1. The molecule has 0 saturated carbocycles. The molecule has 0 N–H and O–H groups in total. The lowest BCUT2D eigenvalue weighted by atomic mass is 10.4. The Labute approximate surface area is 70.6 Å². The van der Waals surface area contributed by atoms with E-state index in [0.29, 0.717) is 0 Å². The molecule has 0 radical (unpaired) electrons. The van der Waals surface area contributed by atoms with Gasteiger partial charge in [-0.25, -0.2) is 8.42 Å². The van der Waals surface area contributed by atoms with E-state index in [-0.39, 0.29) is 0 Å². The first-order chi connectivity index (χ1) is 4.76. The van der Waals surface area contributed by atoms with E-state index in [9.17, 15) is 13.2 Å². The fourth-order valence-corrected chi connectivity index (χ4v) is 1.16. The quantitative estimate of drug-likeness (QED) is 0.590. The summed E-state index contributed by atoms with van der Waals surface area (Å²) in [5, 5.41) is -1.17. The van der Waals surface area contributed by atoms with Crippen LogP contribution in [0.25, 0.3) is 0 Å². The van der Waals surface area contributed by atoms with E-state index in [1.54, 1.807) is 0 Å². The lowest BCUT2D eigenvalue weighted by molar-refractivity contribution is -0.127. The molecule has 11 heavy (non-hydrogen) atoms. The van der Waals surface area contributed by atoms with E-state index in [0.717, 1.165) is 0 Å². The molecule has 0 heterocycles. The second kappa shape index (κ2) is 3.40. The van der Waals surface area contributed by atoms with Crippen LogP contribution < -0.4 is 0 Å². The Balaban J connectivity index is 4.53. The maximum absolute atomic E-state index is 11.0. The third-order valence-corrected chi connectivity index (χ3v) is 3.06. The molecule has 0 aromatic rings. The molecule has 0 aliphatic rings. The minimum absolute atomic E-state index is 0.514. The van der Waals surface area contributed by atoms with E-state index in [1.807, 2.05) is 0 Å². The van der Waals surface area contributed by atoms with E-state index in [2.05, 4.69) is 0 Å². The number of hydrogen-bond donors (Lipinski definition) is 0. The molecule has 0 aromatic carbocycles. The van der Waals surface area contributed by atoms with E-state index in [1.165, 1.54) is 25.9 Å². The van der Waals surface area contributed by atoms with Crippen LogP contribution in [0.1, 0.15) is 6.92 Å². The van der Waals surface area contributed by atoms with Gasteiger partial charge in [0.1, 0.15) is 0 Å². The van der Waals surface area contributed by atoms with Gasteiger partial charge in [0.2, 0.25) is 15.0 Å². The Morgan fingerprint density at radius 2 is 1.82 bits per heavy atom. The Kier molecular flexibility index (Phi) is 3.31. The molecule has 0 rings (SSSR count). The molecule has 6 heteroatoms. The highest BCUT2D eigenvalue weighted by Crippen LogP contribution is 2.08. The highest BCUT2D eigenvalue weighted by Gasteiger charge is 2.26. The number of hydrogen-bond acceptors (Lipinski definition) is 3. The summed E-state index contributed by atoms with van der Waals surface area (Å²) < 4.78 is 21.2. The first kappa shape index (κ1) is 10.7. The maximum atomic E-state index is 11.0. The molecular weight excluding hydrogens is 190 g/mol. The summed E-state index contributed by atoms with van der Waals surface area (Å²) >= 11 is 0. The zero-order valence-corrected chi connectivity index (χ0v) is 8.11. The summed E-state index contributed by atoms with van der Waals surface area (Å²) in [6.45, 7) is 1.25. The van der Waals surface area contributed by atoms with Crippen LogP contribution in [0, 0.1) is 0 Å². The zero-order valence-electron chi connectivity index (χ0n) is 6.54. The highest BCUT2D eigenvalue weighted by molar-refractivity contribution is 8.14. The fourth-order valence-electron chi connectivity index (χ4n) is 0.484. The topological polar surface area (TPSA) is 54.5 Å². The van der Waals surface area contributed by atoms with Crippen molar-refractivity contribution in [3.63, 3.8) is 0 Å². The monoisotopic (exact) mass is 199 g/mol. The van der Waals surface area contributed by atoms with Crippen molar-refractivity contribution in [3.05, 3.63) is 0 Å².